The smallest absolute Gasteiger partial charge is 0.341 e. The summed E-state index contributed by atoms with van der Waals surface area (Å²) in [4.78, 5) is 15.3. The molecule has 0 radical (unpaired) electrons. The number of carbonyl (C=O) groups is 1. The summed E-state index contributed by atoms with van der Waals surface area (Å²) in [6, 6.07) is 0.376. The average molecular weight is 246 g/mol. The molecule has 100 valence electrons. The molecular weight excluding hydrogens is 223 g/mol. The molecule has 1 saturated heterocycles. The fourth-order valence-electron chi connectivity index (χ4n) is 2.28. The number of rotatable bonds is 5. The molecule has 0 spiro atoms. The zero-order valence-electron chi connectivity index (χ0n) is 11.0. The maximum Gasteiger partial charge on any atom is 0.341 e. The van der Waals surface area contributed by atoms with E-state index in [1.165, 1.54) is 7.11 Å². The van der Waals surface area contributed by atoms with Gasteiger partial charge >= 0.3 is 5.97 Å². The third-order valence-corrected chi connectivity index (χ3v) is 3.53. The van der Waals surface area contributed by atoms with Crippen molar-refractivity contribution in [2.24, 2.45) is 0 Å². The zero-order chi connectivity index (χ0) is 12.8. The van der Waals surface area contributed by atoms with E-state index in [1.54, 1.807) is 0 Å². The van der Waals surface area contributed by atoms with Crippen molar-refractivity contribution in [3.05, 3.63) is 0 Å². The Bertz CT molecular complexity index is 243. The molecule has 4 nitrogen and oxygen atoms in total. The molecule has 1 atom stereocenters. The second kappa shape index (κ2) is 6.91. The van der Waals surface area contributed by atoms with E-state index in [-0.39, 0.29) is 6.54 Å². The molecule has 1 heterocycles. The largest absolute Gasteiger partial charge is 0.467 e. The van der Waals surface area contributed by atoms with E-state index >= 15 is 0 Å². The number of likely N-dealkylation sites (tertiary alicyclic amines) is 1. The summed E-state index contributed by atoms with van der Waals surface area (Å²) in [6.07, 6.45) is 0.547. The van der Waals surface area contributed by atoms with Crippen LogP contribution in [0.2, 0.25) is 0 Å². The molecule has 0 aliphatic carbocycles. The van der Waals surface area contributed by atoms with Crippen LogP contribution in [0.25, 0.3) is 0 Å². The molecular formula is C12H23FN2O2. The van der Waals surface area contributed by atoms with Gasteiger partial charge in [0.1, 0.15) is 0 Å². The number of methoxy groups -OCH3 is 1. The molecule has 1 aliphatic rings. The highest BCUT2D eigenvalue weighted by molar-refractivity contribution is 5.74. The van der Waals surface area contributed by atoms with Crippen LogP contribution >= 0.6 is 0 Å². The van der Waals surface area contributed by atoms with Crippen LogP contribution in [-0.2, 0) is 9.53 Å². The number of hydrogen-bond donors (Lipinski definition) is 0. The molecule has 0 N–H and O–H groups in total. The number of nitrogens with zero attached hydrogens (tertiary/aromatic N) is 2. The van der Waals surface area contributed by atoms with Crippen molar-refractivity contribution < 1.29 is 13.9 Å². The van der Waals surface area contributed by atoms with E-state index in [1.807, 2.05) is 11.9 Å². The topological polar surface area (TPSA) is 32.8 Å². The van der Waals surface area contributed by atoms with Gasteiger partial charge < -0.3 is 9.64 Å². The second-order valence-corrected chi connectivity index (χ2v) is 4.60. The fraction of sp³-hybridized carbons (Fsp3) is 0.917. The summed E-state index contributed by atoms with van der Waals surface area (Å²) < 4.78 is 17.8. The minimum absolute atomic E-state index is 0.128. The SMILES string of the molecule is CCN1CCC(N(C)C[C@H](F)C(=O)OC)CC1. The van der Waals surface area contributed by atoms with E-state index in [0.717, 1.165) is 32.5 Å². The standard InChI is InChI=1S/C12H23FN2O2/c1-4-15-7-5-10(6-8-15)14(2)9-11(13)12(16)17-3/h10-11H,4-9H2,1-3H3/t11-/m0/s1. The Morgan fingerprint density at radius 3 is 2.59 bits per heavy atom. The highest BCUT2D eigenvalue weighted by Crippen LogP contribution is 2.15. The normalized spacial score (nSPS) is 20.5. The summed E-state index contributed by atoms with van der Waals surface area (Å²) in [7, 11) is 3.09. The Kier molecular flexibility index (Phi) is 5.85. The molecule has 17 heavy (non-hydrogen) atoms. The predicted molar refractivity (Wildman–Crippen MR) is 64.7 cm³/mol. The molecule has 0 amide bonds. The van der Waals surface area contributed by atoms with Crippen LogP contribution in [0.3, 0.4) is 0 Å². The van der Waals surface area contributed by atoms with Crippen molar-refractivity contribution in [2.75, 3.05) is 40.3 Å². The van der Waals surface area contributed by atoms with Crippen LogP contribution < -0.4 is 0 Å². The second-order valence-electron chi connectivity index (χ2n) is 4.60. The minimum atomic E-state index is -1.53. The number of ether oxygens (including phenoxy) is 1. The third kappa shape index (κ3) is 4.24. The average Bonchev–Trinajstić information content (AvgIpc) is 2.37. The number of alkyl halides is 1. The van der Waals surface area contributed by atoms with E-state index in [2.05, 4.69) is 16.6 Å². The summed E-state index contributed by atoms with van der Waals surface area (Å²) >= 11 is 0. The van der Waals surface area contributed by atoms with Crippen molar-refractivity contribution in [1.82, 2.24) is 9.80 Å². The Morgan fingerprint density at radius 1 is 1.53 bits per heavy atom. The molecule has 0 aromatic heterocycles. The van der Waals surface area contributed by atoms with Crippen molar-refractivity contribution in [3.8, 4) is 0 Å². The molecule has 1 aliphatic heterocycles. The van der Waals surface area contributed by atoms with Crippen molar-refractivity contribution in [2.45, 2.75) is 32.0 Å². The van der Waals surface area contributed by atoms with Gasteiger partial charge in [0.25, 0.3) is 0 Å². The van der Waals surface area contributed by atoms with Gasteiger partial charge in [-0.2, -0.15) is 0 Å². The van der Waals surface area contributed by atoms with Crippen LogP contribution in [-0.4, -0.2) is 68.3 Å². The van der Waals surface area contributed by atoms with E-state index in [0.29, 0.717) is 6.04 Å². The molecule has 5 heteroatoms. The van der Waals surface area contributed by atoms with Crippen LogP contribution in [0, 0.1) is 0 Å². The van der Waals surface area contributed by atoms with Crippen LogP contribution in [0.15, 0.2) is 0 Å². The van der Waals surface area contributed by atoms with Gasteiger partial charge in [0.15, 0.2) is 0 Å². The van der Waals surface area contributed by atoms with E-state index in [4.69, 9.17) is 0 Å². The Hall–Kier alpha value is -0.680. The molecule has 0 saturated carbocycles. The van der Waals surface area contributed by atoms with Crippen LogP contribution in [0.1, 0.15) is 19.8 Å². The molecule has 0 unspecified atom stereocenters. The maximum absolute atomic E-state index is 13.4. The lowest BCUT2D eigenvalue weighted by molar-refractivity contribution is -0.147. The fourth-order valence-corrected chi connectivity index (χ4v) is 2.28. The molecule has 0 aromatic carbocycles. The lowest BCUT2D eigenvalue weighted by Crippen LogP contribution is -2.46. The summed E-state index contributed by atoms with van der Waals surface area (Å²) in [5, 5.41) is 0. The summed E-state index contributed by atoms with van der Waals surface area (Å²) in [5.74, 6) is -0.775. The lowest BCUT2D eigenvalue weighted by Gasteiger charge is -2.36. The first kappa shape index (κ1) is 14.4. The number of piperidine rings is 1. The van der Waals surface area contributed by atoms with Crippen LogP contribution in [0.5, 0.6) is 0 Å². The first-order valence-electron chi connectivity index (χ1n) is 6.23. The Morgan fingerprint density at radius 2 is 2.12 bits per heavy atom. The Labute approximate surface area is 103 Å². The quantitative estimate of drug-likeness (QED) is 0.675. The van der Waals surface area contributed by atoms with Crippen molar-refractivity contribution in [1.29, 1.82) is 0 Å². The van der Waals surface area contributed by atoms with Gasteiger partial charge in [0.2, 0.25) is 6.17 Å². The number of halogens is 1. The molecule has 0 bridgehead atoms. The van der Waals surface area contributed by atoms with Gasteiger partial charge in [-0.05, 0) is 39.5 Å². The highest BCUT2D eigenvalue weighted by Gasteiger charge is 2.26. The monoisotopic (exact) mass is 246 g/mol. The van der Waals surface area contributed by atoms with Gasteiger partial charge in [-0.15, -0.1) is 0 Å². The number of esters is 1. The van der Waals surface area contributed by atoms with Crippen molar-refractivity contribution >= 4 is 5.97 Å². The van der Waals surface area contributed by atoms with E-state index in [9.17, 15) is 9.18 Å². The van der Waals surface area contributed by atoms with Gasteiger partial charge in [-0.3, -0.25) is 4.90 Å². The zero-order valence-corrected chi connectivity index (χ0v) is 11.0. The van der Waals surface area contributed by atoms with Crippen LogP contribution in [0.4, 0.5) is 4.39 Å². The summed E-state index contributed by atoms with van der Waals surface area (Å²) in [5.41, 5.74) is 0. The first-order chi connectivity index (χ1) is 8.08. The molecule has 1 fully saturated rings. The van der Waals surface area contributed by atoms with Crippen molar-refractivity contribution in [3.63, 3.8) is 0 Å². The van der Waals surface area contributed by atoms with Gasteiger partial charge in [0, 0.05) is 12.6 Å². The summed E-state index contributed by atoms with van der Waals surface area (Å²) in [6.45, 7) is 5.47. The predicted octanol–water partition coefficient (Wildman–Crippen LogP) is 0.914. The highest BCUT2D eigenvalue weighted by atomic mass is 19.1. The third-order valence-electron chi connectivity index (χ3n) is 3.53. The van der Waals surface area contributed by atoms with Gasteiger partial charge in [0.05, 0.1) is 7.11 Å². The maximum atomic E-state index is 13.4. The number of hydrogen-bond acceptors (Lipinski definition) is 4. The van der Waals surface area contributed by atoms with E-state index < -0.39 is 12.1 Å². The van der Waals surface area contributed by atoms with Gasteiger partial charge in [-0.1, -0.05) is 6.92 Å². The minimum Gasteiger partial charge on any atom is -0.467 e. The van der Waals surface area contributed by atoms with Gasteiger partial charge in [-0.25, -0.2) is 9.18 Å². The first-order valence-corrected chi connectivity index (χ1v) is 6.23. The molecule has 0 aromatic rings. The Balaban J connectivity index is 2.33. The lowest BCUT2D eigenvalue weighted by atomic mass is 10.0. The molecule has 1 rings (SSSR count). The number of carbonyl (C=O) groups excluding carboxylic acids is 1.